The number of nitrogens with zero attached hydrogens (tertiary/aromatic N) is 1. The number of carbonyl (C=O) groups is 2. The highest BCUT2D eigenvalue weighted by Gasteiger charge is 2.45. The van der Waals surface area contributed by atoms with Crippen LogP contribution in [0.1, 0.15) is 31.9 Å². The molecule has 2 atom stereocenters. The molecule has 2 rings (SSSR count). The Hall–Kier alpha value is -2.11. The molecule has 1 heterocycles. The van der Waals surface area contributed by atoms with Crippen LogP contribution >= 0.6 is 0 Å². The maximum absolute atomic E-state index is 11.9. The fourth-order valence-corrected chi connectivity index (χ4v) is 2.71. The molecular weight excluding hydrogens is 270 g/mol. The van der Waals surface area contributed by atoms with Crippen LogP contribution in [-0.4, -0.2) is 34.7 Å². The van der Waals surface area contributed by atoms with Gasteiger partial charge in [-0.2, -0.15) is 0 Å². The first-order chi connectivity index (χ1) is 10.0. The Kier molecular flexibility index (Phi) is 4.77. The molecule has 0 saturated heterocycles. The van der Waals surface area contributed by atoms with Gasteiger partial charge in [-0.15, -0.1) is 0 Å². The minimum absolute atomic E-state index is 0.315. The molecule has 0 aliphatic heterocycles. The third-order valence-corrected chi connectivity index (χ3v) is 4.14. The summed E-state index contributed by atoms with van der Waals surface area (Å²) >= 11 is 0. The Balaban J connectivity index is 1.78. The summed E-state index contributed by atoms with van der Waals surface area (Å²) < 4.78 is 0. The van der Waals surface area contributed by atoms with Crippen molar-refractivity contribution in [1.29, 1.82) is 0 Å². The largest absolute Gasteiger partial charge is 0.481 e. The van der Waals surface area contributed by atoms with Crippen molar-refractivity contribution in [3.63, 3.8) is 0 Å². The first-order valence-electron chi connectivity index (χ1n) is 7.20. The van der Waals surface area contributed by atoms with Gasteiger partial charge >= 0.3 is 12.0 Å². The Morgan fingerprint density at radius 3 is 2.95 bits per heavy atom. The quantitative estimate of drug-likeness (QED) is 0.768. The molecule has 0 bridgehead atoms. The summed E-state index contributed by atoms with van der Waals surface area (Å²) in [5.41, 5.74) is 0.0484. The lowest BCUT2D eigenvalue weighted by Gasteiger charge is -2.27. The third kappa shape index (κ3) is 3.71. The van der Waals surface area contributed by atoms with Gasteiger partial charge in [0.1, 0.15) is 0 Å². The van der Waals surface area contributed by atoms with Crippen LogP contribution in [0.25, 0.3) is 0 Å². The fraction of sp³-hybridized carbons (Fsp3) is 0.533. The van der Waals surface area contributed by atoms with Crippen molar-refractivity contribution in [2.24, 2.45) is 5.41 Å². The molecule has 6 heteroatoms. The monoisotopic (exact) mass is 291 g/mol. The summed E-state index contributed by atoms with van der Waals surface area (Å²) in [6.07, 6.45) is 4.49. The van der Waals surface area contributed by atoms with Gasteiger partial charge in [-0.25, -0.2) is 4.79 Å². The van der Waals surface area contributed by atoms with E-state index in [0.29, 0.717) is 25.8 Å². The molecule has 1 aromatic rings. The van der Waals surface area contributed by atoms with Crippen LogP contribution in [0.3, 0.4) is 0 Å². The minimum Gasteiger partial charge on any atom is -0.481 e. The van der Waals surface area contributed by atoms with Crippen LogP contribution in [-0.2, 0) is 11.2 Å². The summed E-state index contributed by atoms with van der Waals surface area (Å²) in [6, 6.07) is 5.02. The summed E-state index contributed by atoms with van der Waals surface area (Å²) in [6.45, 7) is 2.17. The summed E-state index contributed by atoms with van der Waals surface area (Å²) in [7, 11) is 0. The number of hydrogen-bond donors (Lipinski definition) is 3. The van der Waals surface area contributed by atoms with Crippen molar-refractivity contribution in [3.05, 3.63) is 30.1 Å². The van der Waals surface area contributed by atoms with E-state index in [-0.39, 0.29) is 12.1 Å². The number of aromatic nitrogens is 1. The molecular formula is C15H21N3O3. The van der Waals surface area contributed by atoms with Gasteiger partial charge in [0.25, 0.3) is 0 Å². The SMILES string of the molecule is CC1(C(=O)O)CCCC1NC(=O)NCCc1ccccn1. The van der Waals surface area contributed by atoms with Crippen molar-refractivity contribution < 1.29 is 14.7 Å². The van der Waals surface area contributed by atoms with Crippen LogP contribution in [0.15, 0.2) is 24.4 Å². The second-order valence-corrected chi connectivity index (χ2v) is 5.64. The zero-order valence-electron chi connectivity index (χ0n) is 12.1. The van der Waals surface area contributed by atoms with Crippen LogP contribution in [0.5, 0.6) is 0 Å². The second kappa shape index (κ2) is 6.56. The number of rotatable bonds is 5. The Labute approximate surface area is 124 Å². The Morgan fingerprint density at radius 1 is 1.48 bits per heavy atom. The maximum Gasteiger partial charge on any atom is 0.315 e. The van der Waals surface area contributed by atoms with E-state index < -0.39 is 11.4 Å². The zero-order chi connectivity index (χ0) is 15.3. The lowest BCUT2D eigenvalue weighted by Crippen LogP contribution is -2.50. The van der Waals surface area contributed by atoms with E-state index in [0.717, 1.165) is 12.1 Å². The molecule has 21 heavy (non-hydrogen) atoms. The van der Waals surface area contributed by atoms with Gasteiger partial charge in [0.15, 0.2) is 0 Å². The lowest BCUT2D eigenvalue weighted by atomic mass is 9.85. The zero-order valence-corrected chi connectivity index (χ0v) is 12.1. The van der Waals surface area contributed by atoms with Crippen molar-refractivity contribution >= 4 is 12.0 Å². The minimum atomic E-state index is -0.863. The van der Waals surface area contributed by atoms with E-state index in [1.165, 1.54) is 0 Å². The van der Waals surface area contributed by atoms with E-state index in [1.807, 2.05) is 18.2 Å². The number of urea groups is 1. The molecule has 0 spiro atoms. The maximum atomic E-state index is 11.9. The molecule has 2 amide bonds. The number of pyridine rings is 1. The molecule has 0 radical (unpaired) electrons. The molecule has 6 nitrogen and oxygen atoms in total. The number of nitrogens with one attached hydrogen (secondary N) is 2. The number of carbonyl (C=O) groups excluding carboxylic acids is 1. The molecule has 0 aromatic carbocycles. The molecule has 1 aliphatic rings. The van der Waals surface area contributed by atoms with Crippen molar-refractivity contribution in [3.8, 4) is 0 Å². The standard InChI is InChI=1S/C15H21N3O3/c1-15(13(19)20)8-4-6-12(15)18-14(21)17-10-7-11-5-2-3-9-16-11/h2-3,5,9,12H,4,6-8,10H2,1H3,(H,19,20)(H2,17,18,21). The third-order valence-electron chi connectivity index (χ3n) is 4.14. The van der Waals surface area contributed by atoms with E-state index in [2.05, 4.69) is 15.6 Å². The lowest BCUT2D eigenvalue weighted by molar-refractivity contribution is -0.148. The van der Waals surface area contributed by atoms with E-state index in [9.17, 15) is 14.7 Å². The topological polar surface area (TPSA) is 91.3 Å². The fourth-order valence-electron chi connectivity index (χ4n) is 2.71. The Morgan fingerprint density at radius 2 is 2.29 bits per heavy atom. The number of carboxylic acids is 1. The van der Waals surface area contributed by atoms with E-state index >= 15 is 0 Å². The molecule has 2 unspecified atom stereocenters. The summed E-state index contributed by atoms with van der Waals surface area (Å²) in [5.74, 6) is -0.848. The predicted octanol–water partition coefficient (Wildman–Crippen LogP) is 1.57. The number of carboxylic acid groups (broad SMARTS) is 1. The Bertz CT molecular complexity index is 506. The molecule has 1 saturated carbocycles. The van der Waals surface area contributed by atoms with Gasteiger partial charge in [-0.3, -0.25) is 9.78 Å². The average molecular weight is 291 g/mol. The average Bonchev–Trinajstić information content (AvgIpc) is 2.83. The van der Waals surface area contributed by atoms with Gasteiger partial charge < -0.3 is 15.7 Å². The first kappa shape index (κ1) is 15.3. The normalized spacial score (nSPS) is 24.5. The van der Waals surface area contributed by atoms with Crippen LogP contribution < -0.4 is 10.6 Å². The summed E-state index contributed by atoms with van der Waals surface area (Å²) in [4.78, 5) is 27.4. The van der Waals surface area contributed by atoms with Gasteiger partial charge in [0.2, 0.25) is 0 Å². The first-order valence-corrected chi connectivity index (χ1v) is 7.20. The highest BCUT2D eigenvalue weighted by Crippen LogP contribution is 2.38. The van der Waals surface area contributed by atoms with E-state index in [4.69, 9.17) is 0 Å². The van der Waals surface area contributed by atoms with Crippen LogP contribution in [0.4, 0.5) is 4.79 Å². The molecule has 1 fully saturated rings. The molecule has 114 valence electrons. The number of amides is 2. The number of aliphatic carboxylic acids is 1. The van der Waals surface area contributed by atoms with Gasteiger partial charge in [-0.1, -0.05) is 12.5 Å². The van der Waals surface area contributed by atoms with Crippen LogP contribution in [0.2, 0.25) is 0 Å². The van der Waals surface area contributed by atoms with Gasteiger partial charge in [-0.05, 0) is 31.9 Å². The smallest absolute Gasteiger partial charge is 0.315 e. The van der Waals surface area contributed by atoms with Crippen LogP contribution in [0, 0.1) is 5.41 Å². The molecule has 1 aliphatic carbocycles. The summed E-state index contributed by atoms with van der Waals surface area (Å²) in [5, 5.41) is 14.8. The predicted molar refractivity (Wildman–Crippen MR) is 77.9 cm³/mol. The van der Waals surface area contributed by atoms with E-state index in [1.54, 1.807) is 13.1 Å². The number of hydrogen-bond acceptors (Lipinski definition) is 3. The highest BCUT2D eigenvalue weighted by atomic mass is 16.4. The van der Waals surface area contributed by atoms with Gasteiger partial charge in [0.05, 0.1) is 5.41 Å². The van der Waals surface area contributed by atoms with Crippen molar-refractivity contribution in [2.75, 3.05) is 6.54 Å². The van der Waals surface area contributed by atoms with Gasteiger partial charge in [0, 0.05) is 30.9 Å². The molecule has 1 aromatic heterocycles. The molecule has 3 N–H and O–H groups in total. The van der Waals surface area contributed by atoms with Crippen molar-refractivity contribution in [1.82, 2.24) is 15.6 Å². The highest BCUT2D eigenvalue weighted by molar-refractivity contribution is 5.79. The second-order valence-electron chi connectivity index (χ2n) is 5.64. The van der Waals surface area contributed by atoms with Crippen molar-refractivity contribution in [2.45, 2.75) is 38.6 Å².